The van der Waals surface area contributed by atoms with Gasteiger partial charge in [0.05, 0.1) is 0 Å². The molecule has 1 aromatic heterocycles. The van der Waals surface area contributed by atoms with Crippen LogP contribution < -0.4 is 0 Å². The molecule has 0 aliphatic carbocycles. The average molecular weight is 223 g/mol. The smallest absolute Gasteiger partial charge is 0.178 e. The number of unbranched alkanes of at least 4 members (excludes halogenated alkanes) is 3. The lowest BCUT2D eigenvalue weighted by atomic mass is 10.2. The van der Waals surface area contributed by atoms with Gasteiger partial charge in [0.15, 0.2) is 11.3 Å². The highest BCUT2D eigenvalue weighted by Gasteiger charge is 1.95. The number of aliphatic hydroxyl groups excluding tert-OH is 1. The van der Waals surface area contributed by atoms with Crippen LogP contribution in [-0.2, 0) is 0 Å². The Labute approximate surface area is 93.2 Å². The summed E-state index contributed by atoms with van der Waals surface area (Å²) in [6, 6.07) is 0. The van der Waals surface area contributed by atoms with E-state index in [9.17, 15) is 4.79 Å². The molecule has 4 heteroatoms. The van der Waals surface area contributed by atoms with E-state index in [1.54, 1.807) is 5.38 Å². The van der Waals surface area contributed by atoms with Crippen molar-refractivity contribution in [2.24, 2.45) is 0 Å². The standard InChI is InChI=1S/C11H13NO2S/c13-7-5-3-1-2-4-6-10-9-15-11(8-14)12-10/h8-9,13H,1-3,5,7H2. The summed E-state index contributed by atoms with van der Waals surface area (Å²) in [5.74, 6) is 5.90. The monoisotopic (exact) mass is 223 g/mol. The molecule has 0 bridgehead atoms. The van der Waals surface area contributed by atoms with E-state index in [-0.39, 0.29) is 6.61 Å². The minimum absolute atomic E-state index is 0.252. The number of rotatable bonds is 5. The van der Waals surface area contributed by atoms with Gasteiger partial charge in [-0.1, -0.05) is 12.3 Å². The quantitative estimate of drug-likeness (QED) is 0.471. The van der Waals surface area contributed by atoms with Gasteiger partial charge in [-0.2, -0.15) is 0 Å². The second-order valence-corrected chi connectivity index (χ2v) is 3.91. The van der Waals surface area contributed by atoms with Crippen LogP contribution in [0.5, 0.6) is 0 Å². The first-order valence-electron chi connectivity index (χ1n) is 4.87. The van der Waals surface area contributed by atoms with E-state index < -0.39 is 0 Å². The van der Waals surface area contributed by atoms with Gasteiger partial charge < -0.3 is 5.11 Å². The van der Waals surface area contributed by atoms with Crippen molar-refractivity contribution in [3.8, 4) is 11.8 Å². The number of aliphatic hydroxyl groups is 1. The zero-order chi connectivity index (χ0) is 10.9. The first-order valence-corrected chi connectivity index (χ1v) is 5.75. The summed E-state index contributed by atoms with van der Waals surface area (Å²) >= 11 is 1.31. The molecule has 1 heterocycles. The molecule has 1 N–H and O–H groups in total. The van der Waals surface area contributed by atoms with Crippen molar-refractivity contribution in [1.82, 2.24) is 4.98 Å². The molecule has 15 heavy (non-hydrogen) atoms. The molecule has 0 aromatic carbocycles. The van der Waals surface area contributed by atoms with Crippen LogP contribution in [0.25, 0.3) is 0 Å². The van der Waals surface area contributed by atoms with Crippen LogP contribution in [0.1, 0.15) is 41.2 Å². The van der Waals surface area contributed by atoms with E-state index in [0.29, 0.717) is 10.7 Å². The van der Waals surface area contributed by atoms with Crippen LogP contribution >= 0.6 is 11.3 Å². The topological polar surface area (TPSA) is 50.2 Å². The molecule has 3 nitrogen and oxygen atoms in total. The molecule has 0 aliphatic rings. The van der Waals surface area contributed by atoms with Gasteiger partial charge in [0.25, 0.3) is 0 Å². The van der Waals surface area contributed by atoms with Gasteiger partial charge in [-0.15, -0.1) is 11.3 Å². The van der Waals surface area contributed by atoms with Crippen molar-refractivity contribution in [3.05, 3.63) is 16.1 Å². The summed E-state index contributed by atoms with van der Waals surface area (Å²) in [6.07, 6.45) is 4.39. The van der Waals surface area contributed by atoms with Crippen molar-refractivity contribution < 1.29 is 9.90 Å². The Balaban J connectivity index is 2.28. The maximum absolute atomic E-state index is 10.3. The molecule has 1 aromatic rings. The molecule has 0 radical (unpaired) electrons. The lowest BCUT2D eigenvalue weighted by molar-refractivity contribution is 0.112. The van der Waals surface area contributed by atoms with Crippen LogP contribution in [0.2, 0.25) is 0 Å². The fourth-order valence-corrected chi connectivity index (χ4v) is 1.60. The summed E-state index contributed by atoms with van der Waals surface area (Å²) in [5.41, 5.74) is 0.671. The predicted molar refractivity (Wildman–Crippen MR) is 59.9 cm³/mol. The van der Waals surface area contributed by atoms with Crippen molar-refractivity contribution in [2.45, 2.75) is 25.7 Å². The van der Waals surface area contributed by atoms with Gasteiger partial charge >= 0.3 is 0 Å². The third kappa shape index (κ3) is 4.73. The molecule has 80 valence electrons. The van der Waals surface area contributed by atoms with Gasteiger partial charge in [-0.05, 0) is 18.8 Å². The molecule has 1 rings (SSSR count). The molecule has 0 aliphatic heterocycles. The van der Waals surface area contributed by atoms with E-state index in [0.717, 1.165) is 32.0 Å². The lowest BCUT2D eigenvalue weighted by Crippen LogP contribution is -1.82. The number of aldehydes is 1. The summed E-state index contributed by atoms with van der Waals surface area (Å²) in [7, 11) is 0. The molecule has 0 saturated heterocycles. The number of hydrogen-bond acceptors (Lipinski definition) is 4. The molecule has 0 spiro atoms. The number of aromatic nitrogens is 1. The van der Waals surface area contributed by atoms with Gasteiger partial charge in [0, 0.05) is 18.4 Å². The van der Waals surface area contributed by atoms with Gasteiger partial charge in [0.2, 0.25) is 0 Å². The summed E-state index contributed by atoms with van der Waals surface area (Å²) in [6.45, 7) is 0.252. The van der Waals surface area contributed by atoms with E-state index in [1.807, 2.05) is 0 Å². The lowest BCUT2D eigenvalue weighted by Gasteiger charge is -1.91. The Morgan fingerprint density at radius 3 is 3.00 bits per heavy atom. The van der Waals surface area contributed by atoms with Gasteiger partial charge in [-0.25, -0.2) is 4.98 Å². The molecule has 0 atom stereocenters. The number of thiazole rings is 1. The third-order valence-electron chi connectivity index (χ3n) is 1.80. The van der Waals surface area contributed by atoms with Crippen molar-refractivity contribution in [3.63, 3.8) is 0 Å². The number of nitrogens with zero attached hydrogens (tertiary/aromatic N) is 1. The van der Waals surface area contributed by atoms with Crippen LogP contribution in [0.3, 0.4) is 0 Å². The molecular weight excluding hydrogens is 210 g/mol. The maximum atomic E-state index is 10.3. The molecule has 0 amide bonds. The largest absolute Gasteiger partial charge is 0.396 e. The third-order valence-corrected chi connectivity index (χ3v) is 2.57. The van der Waals surface area contributed by atoms with Gasteiger partial charge in [-0.3, -0.25) is 4.79 Å². The molecule has 0 saturated carbocycles. The number of hydrogen-bond donors (Lipinski definition) is 1. The molecule has 0 fully saturated rings. The predicted octanol–water partition coefficient (Wildman–Crippen LogP) is 1.86. The van der Waals surface area contributed by atoms with E-state index in [2.05, 4.69) is 16.8 Å². The Morgan fingerprint density at radius 2 is 2.33 bits per heavy atom. The van der Waals surface area contributed by atoms with Crippen LogP contribution in [0.15, 0.2) is 5.38 Å². The Kier molecular flexibility index (Phi) is 5.67. The van der Waals surface area contributed by atoms with E-state index in [1.165, 1.54) is 11.3 Å². The normalized spacial score (nSPS) is 9.40. The van der Waals surface area contributed by atoms with Crippen LogP contribution in [-0.4, -0.2) is 23.0 Å². The van der Waals surface area contributed by atoms with Crippen molar-refractivity contribution in [1.29, 1.82) is 0 Å². The van der Waals surface area contributed by atoms with Crippen molar-refractivity contribution >= 4 is 17.6 Å². The van der Waals surface area contributed by atoms with E-state index >= 15 is 0 Å². The number of carbonyl (C=O) groups excluding carboxylic acids is 1. The Bertz CT molecular complexity index is 362. The number of carbonyl (C=O) groups is 1. The zero-order valence-electron chi connectivity index (χ0n) is 8.40. The van der Waals surface area contributed by atoms with Crippen LogP contribution in [0.4, 0.5) is 0 Å². The van der Waals surface area contributed by atoms with Crippen molar-refractivity contribution in [2.75, 3.05) is 6.61 Å². The van der Waals surface area contributed by atoms with Crippen LogP contribution in [0, 0.1) is 11.8 Å². The summed E-state index contributed by atoms with van der Waals surface area (Å²) < 4.78 is 0. The molecule has 0 unspecified atom stereocenters. The first kappa shape index (κ1) is 11.9. The highest BCUT2D eigenvalue weighted by Crippen LogP contribution is 2.06. The zero-order valence-corrected chi connectivity index (χ0v) is 9.22. The average Bonchev–Trinajstić information content (AvgIpc) is 2.71. The Hall–Kier alpha value is -1.18. The fourth-order valence-electron chi connectivity index (χ4n) is 1.05. The Morgan fingerprint density at radius 1 is 1.47 bits per heavy atom. The van der Waals surface area contributed by atoms with E-state index in [4.69, 9.17) is 5.11 Å². The minimum Gasteiger partial charge on any atom is -0.396 e. The summed E-state index contributed by atoms with van der Waals surface area (Å²) in [4.78, 5) is 14.3. The summed E-state index contributed by atoms with van der Waals surface area (Å²) in [5, 5.41) is 10.8. The van der Waals surface area contributed by atoms with Gasteiger partial charge in [0.1, 0.15) is 5.69 Å². The highest BCUT2D eigenvalue weighted by atomic mass is 32.1. The fraction of sp³-hybridized carbons (Fsp3) is 0.455. The molecular formula is C11H13NO2S. The minimum atomic E-state index is 0.252. The maximum Gasteiger partial charge on any atom is 0.178 e. The SMILES string of the molecule is O=Cc1nc(C#CCCCCCO)cs1. The highest BCUT2D eigenvalue weighted by molar-refractivity contribution is 7.11. The second-order valence-electron chi connectivity index (χ2n) is 3.02. The second kappa shape index (κ2) is 7.16. The first-order chi connectivity index (χ1) is 7.36.